The third kappa shape index (κ3) is 5.34. The van der Waals surface area contributed by atoms with Crippen molar-refractivity contribution >= 4 is 23.1 Å². The molecule has 3 aliphatic rings. The molecule has 40 heavy (non-hydrogen) atoms. The van der Waals surface area contributed by atoms with Crippen molar-refractivity contribution in [2.45, 2.75) is 58.6 Å². The lowest BCUT2D eigenvalue weighted by Gasteiger charge is -2.41. The Morgan fingerprint density at radius 1 is 1.23 bits per heavy atom. The molecule has 0 fully saturated rings. The van der Waals surface area contributed by atoms with Crippen LogP contribution in [0.3, 0.4) is 0 Å². The molecule has 0 bridgehead atoms. The molecule has 0 spiro atoms. The lowest BCUT2D eigenvalue weighted by atomic mass is 9.97. The van der Waals surface area contributed by atoms with Crippen LogP contribution in [0.4, 0.5) is 13.2 Å². The summed E-state index contributed by atoms with van der Waals surface area (Å²) in [4.78, 5) is 26.3. The fraction of sp³-hybridized carbons (Fsp3) is 0.393. The van der Waals surface area contributed by atoms with Crippen LogP contribution < -0.4 is 10.2 Å². The molecule has 212 valence electrons. The average Bonchev–Trinajstić information content (AvgIpc) is 3.25. The van der Waals surface area contributed by atoms with Gasteiger partial charge in [0.25, 0.3) is 5.91 Å². The Morgan fingerprint density at radius 3 is 2.58 bits per heavy atom. The van der Waals surface area contributed by atoms with E-state index in [1.807, 2.05) is 26.2 Å². The summed E-state index contributed by atoms with van der Waals surface area (Å²) in [6.45, 7) is 13.0. The van der Waals surface area contributed by atoms with E-state index in [4.69, 9.17) is 11.6 Å². The number of aromatic nitrogens is 2. The van der Waals surface area contributed by atoms with E-state index in [-0.39, 0.29) is 28.7 Å². The Bertz CT molecular complexity index is 1410. The molecule has 5 rings (SSSR count). The van der Waals surface area contributed by atoms with Gasteiger partial charge in [-0.1, -0.05) is 18.2 Å². The minimum Gasteiger partial charge on any atom is -0.404 e. The number of nitrogens with one attached hydrogen (secondary N) is 1. The topological polar surface area (TPSA) is 73.8 Å². The van der Waals surface area contributed by atoms with Crippen LogP contribution in [0.1, 0.15) is 61.9 Å². The first-order chi connectivity index (χ1) is 18.8. The van der Waals surface area contributed by atoms with Crippen LogP contribution in [-0.2, 0) is 0 Å². The summed E-state index contributed by atoms with van der Waals surface area (Å²) in [5, 5.41) is 1.89. The van der Waals surface area contributed by atoms with Crippen LogP contribution >= 0.6 is 11.6 Å². The number of hydrazine groups is 1. The van der Waals surface area contributed by atoms with Crippen LogP contribution in [-0.4, -0.2) is 62.2 Å². The smallest absolute Gasteiger partial charge is 0.404 e. The second kappa shape index (κ2) is 10.3. The van der Waals surface area contributed by atoms with Crippen molar-refractivity contribution < 1.29 is 22.7 Å². The maximum atomic E-state index is 13.5. The molecule has 3 aliphatic heterocycles. The number of amides is 1. The quantitative estimate of drug-likeness (QED) is 0.493. The molecule has 12 heteroatoms. The zero-order valence-electron chi connectivity index (χ0n) is 22.6. The molecular formula is C28H30ClF3N6O2. The molecule has 2 aromatic rings. The number of alkyl halides is 3. The minimum atomic E-state index is -4.92. The Labute approximate surface area is 235 Å². The van der Waals surface area contributed by atoms with E-state index >= 15 is 0 Å². The predicted molar refractivity (Wildman–Crippen MR) is 145 cm³/mol. The maximum absolute atomic E-state index is 13.5. The number of benzene rings is 1. The van der Waals surface area contributed by atoms with Gasteiger partial charge in [0.1, 0.15) is 5.75 Å². The molecule has 4 heterocycles. The molecule has 1 unspecified atom stereocenters. The molecule has 0 saturated carbocycles. The highest BCUT2D eigenvalue weighted by molar-refractivity contribution is 6.32. The SMILES string of the molecule is C=C(C)c1ncc(C(C)N2C=C3C4=C(C[C@@H](C)N(C(=O)c5ccc(Cl)c(OC(F)(F)F)c5)C4)NN3[C@H](C)C2)cn1. The molecule has 0 radical (unpaired) electrons. The minimum absolute atomic E-state index is 0.00212. The van der Waals surface area contributed by atoms with Crippen LogP contribution in [0.2, 0.25) is 5.02 Å². The number of carbonyl (C=O) groups excluding carboxylic acids is 1. The van der Waals surface area contributed by atoms with E-state index in [2.05, 4.69) is 56.7 Å². The summed E-state index contributed by atoms with van der Waals surface area (Å²) in [5.41, 5.74) is 8.33. The lowest BCUT2D eigenvalue weighted by molar-refractivity contribution is -0.274. The summed E-state index contributed by atoms with van der Waals surface area (Å²) in [5.74, 6) is -0.390. The number of halogens is 4. The first-order valence-electron chi connectivity index (χ1n) is 12.9. The second-order valence-corrected chi connectivity index (χ2v) is 10.9. The number of carbonyl (C=O) groups is 1. The van der Waals surface area contributed by atoms with Gasteiger partial charge < -0.3 is 20.0 Å². The molecule has 0 saturated heterocycles. The molecule has 1 aromatic carbocycles. The monoisotopic (exact) mass is 574 g/mol. The highest BCUT2D eigenvalue weighted by Gasteiger charge is 2.41. The fourth-order valence-corrected chi connectivity index (χ4v) is 5.40. The molecule has 1 aromatic heterocycles. The zero-order chi connectivity index (χ0) is 28.9. The Morgan fingerprint density at radius 2 is 1.93 bits per heavy atom. The standard InChI is InChI=1S/C28H30ClF3N6O2/c1-15(2)26-33-10-20(11-34-26)18(5)36-12-17(4)38-24(14-36)21-13-37(16(3)8-23(21)35-38)27(39)19-6-7-22(29)25(9-19)40-28(30,31)32/h6-7,9-11,14,16-18,35H,1,8,12-13H2,2-5H3/t16-,17-,18?/m1/s1. The first-order valence-corrected chi connectivity index (χ1v) is 13.3. The molecule has 1 amide bonds. The predicted octanol–water partition coefficient (Wildman–Crippen LogP) is 5.68. The Balaban J connectivity index is 1.39. The molecule has 8 nitrogen and oxygen atoms in total. The molecule has 1 N–H and O–H groups in total. The molecular weight excluding hydrogens is 545 g/mol. The van der Waals surface area contributed by atoms with Gasteiger partial charge in [-0.2, -0.15) is 0 Å². The number of hydrogen-bond acceptors (Lipinski definition) is 7. The van der Waals surface area contributed by atoms with E-state index in [0.29, 0.717) is 18.8 Å². The second-order valence-electron chi connectivity index (χ2n) is 10.5. The van der Waals surface area contributed by atoms with Crippen molar-refractivity contribution in [3.63, 3.8) is 0 Å². The normalized spacial score (nSPS) is 21.4. The van der Waals surface area contributed by atoms with E-state index in [1.54, 1.807) is 4.90 Å². The number of allylic oxidation sites excluding steroid dienone is 1. The highest BCUT2D eigenvalue weighted by atomic mass is 35.5. The lowest BCUT2D eigenvalue weighted by Crippen LogP contribution is -2.48. The summed E-state index contributed by atoms with van der Waals surface area (Å²) in [7, 11) is 0. The first kappa shape index (κ1) is 27.8. The van der Waals surface area contributed by atoms with Crippen molar-refractivity contribution in [2.24, 2.45) is 0 Å². The van der Waals surface area contributed by atoms with Gasteiger partial charge in [0.15, 0.2) is 5.82 Å². The van der Waals surface area contributed by atoms with Gasteiger partial charge in [-0.3, -0.25) is 9.80 Å². The van der Waals surface area contributed by atoms with Crippen LogP contribution in [0.25, 0.3) is 5.57 Å². The number of rotatable bonds is 5. The van der Waals surface area contributed by atoms with Crippen molar-refractivity contribution in [2.75, 3.05) is 13.1 Å². The zero-order valence-corrected chi connectivity index (χ0v) is 23.3. The largest absolute Gasteiger partial charge is 0.573 e. The highest BCUT2D eigenvalue weighted by Crippen LogP contribution is 2.39. The molecule has 3 atom stereocenters. The van der Waals surface area contributed by atoms with E-state index in [0.717, 1.165) is 40.7 Å². The summed E-state index contributed by atoms with van der Waals surface area (Å²) in [6.07, 6.45) is 1.38. The number of nitrogens with zero attached hydrogens (tertiary/aromatic N) is 5. The summed E-state index contributed by atoms with van der Waals surface area (Å²) >= 11 is 5.89. The van der Waals surface area contributed by atoms with Gasteiger partial charge in [-0.15, -0.1) is 13.2 Å². The van der Waals surface area contributed by atoms with Gasteiger partial charge in [-0.25, -0.2) is 9.97 Å². The fourth-order valence-electron chi connectivity index (χ4n) is 5.25. The van der Waals surface area contributed by atoms with Crippen molar-refractivity contribution in [3.8, 4) is 5.75 Å². The van der Waals surface area contributed by atoms with Gasteiger partial charge in [0, 0.05) is 60.0 Å². The van der Waals surface area contributed by atoms with Gasteiger partial charge in [0.2, 0.25) is 0 Å². The van der Waals surface area contributed by atoms with Crippen LogP contribution in [0, 0.1) is 0 Å². The summed E-state index contributed by atoms with van der Waals surface area (Å²) < 4.78 is 42.5. The Hall–Kier alpha value is -3.73. The summed E-state index contributed by atoms with van der Waals surface area (Å²) in [6, 6.07) is 3.64. The number of ether oxygens (including phenoxy) is 1. The third-order valence-corrected chi connectivity index (χ3v) is 7.76. The van der Waals surface area contributed by atoms with Crippen LogP contribution in [0.5, 0.6) is 5.75 Å². The van der Waals surface area contributed by atoms with Crippen molar-refractivity contribution in [1.29, 1.82) is 0 Å². The van der Waals surface area contributed by atoms with Gasteiger partial charge in [0.05, 0.1) is 29.3 Å². The van der Waals surface area contributed by atoms with Gasteiger partial charge in [-0.05, 0) is 51.5 Å². The maximum Gasteiger partial charge on any atom is 0.573 e. The van der Waals surface area contributed by atoms with Crippen LogP contribution in [0.15, 0.2) is 60.3 Å². The molecule has 0 aliphatic carbocycles. The van der Waals surface area contributed by atoms with Crippen molar-refractivity contribution in [3.05, 3.63) is 82.3 Å². The number of fused-ring (bicyclic) bond motifs is 2. The van der Waals surface area contributed by atoms with E-state index in [1.165, 1.54) is 12.1 Å². The Kier molecular flexibility index (Phi) is 7.20. The van der Waals surface area contributed by atoms with E-state index in [9.17, 15) is 18.0 Å². The van der Waals surface area contributed by atoms with E-state index < -0.39 is 18.0 Å². The average molecular weight is 575 g/mol. The van der Waals surface area contributed by atoms with Gasteiger partial charge >= 0.3 is 6.36 Å². The van der Waals surface area contributed by atoms with Crippen molar-refractivity contribution in [1.82, 2.24) is 30.2 Å². The number of hydrogen-bond donors (Lipinski definition) is 1. The third-order valence-electron chi connectivity index (χ3n) is 7.45.